The molecule has 1 aliphatic heterocycles. The van der Waals surface area contributed by atoms with Gasteiger partial charge in [0.2, 0.25) is 0 Å². The maximum Gasteiger partial charge on any atom is 0.177 e. The largest absolute Gasteiger partial charge is 0.350 e. The lowest BCUT2D eigenvalue weighted by atomic mass is 9.96. The van der Waals surface area contributed by atoms with Crippen LogP contribution in [0, 0.1) is 24.2 Å². The fourth-order valence-electron chi connectivity index (χ4n) is 2.29. The van der Waals surface area contributed by atoms with Crippen molar-refractivity contribution in [2.24, 2.45) is 5.41 Å². The Balaban J connectivity index is 1.61. The number of rotatable bonds is 2. The van der Waals surface area contributed by atoms with Crippen LogP contribution < -0.4 is 0 Å². The first-order valence-electron chi connectivity index (χ1n) is 7.72. The number of nitrogens with zero attached hydrogens (tertiary/aromatic N) is 3. The van der Waals surface area contributed by atoms with Crippen LogP contribution in [-0.2, 0) is 16.0 Å². The van der Waals surface area contributed by atoms with Gasteiger partial charge in [-0.3, -0.25) is 0 Å². The van der Waals surface area contributed by atoms with Gasteiger partial charge in [0.1, 0.15) is 0 Å². The maximum absolute atomic E-state index is 5.70. The van der Waals surface area contributed by atoms with Crippen LogP contribution in [0.1, 0.15) is 30.7 Å². The molecule has 0 amide bonds. The summed E-state index contributed by atoms with van der Waals surface area (Å²) in [6.45, 7) is 8.19. The van der Waals surface area contributed by atoms with Crippen molar-refractivity contribution in [3.8, 4) is 11.8 Å². The zero-order valence-corrected chi connectivity index (χ0v) is 13.7. The van der Waals surface area contributed by atoms with E-state index in [1.54, 1.807) is 4.68 Å². The van der Waals surface area contributed by atoms with Crippen LogP contribution in [0.3, 0.4) is 0 Å². The monoisotopic (exact) mass is 311 g/mol. The van der Waals surface area contributed by atoms with Gasteiger partial charge in [-0.05, 0) is 30.5 Å². The molecule has 2 aromatic rings. The van der Waals surface area contributed by atoms with E-state index in [2.05, 4.69) is 36.0 Å². The highest BCUT2D eigenvalue weighted by Gasteiger charge is 2.28. The van der Waals surface area contributed by atoms with Gasteiger partial charge in [0.25, 0.3) is 0 Å². The van der Waals surface area contributed by atoms with E-state index in [1.807, 2.05) is 37.4 Å². The van der Waals surface area contributed by atoms with Gasteiger partial charge in [0, 0.05) is 11.0 Å². The van der Waals surface area contributed by atoms with Gasteiger partial charge in [-0.15, -0.1) is 5.10 Å². The third-order valence-electron chi connectivity index (χ3n) is 3.55. The van der Waals surface area contributed by atoms with Gasteiger partial charge in [-0.2, -0.15) is 0 Å². The second-order valence-electron chi connectivity index (χ2n) is 6.66. The quantitative estimate of drug-likeness (QED) is 0.799. The van der Waals surface area contributed by atoms with Crippen molar-refractivity contribution in [3.63, 3.8) is 0 Å². The Hall–Kier alpha value is -2.16. The van der Waals surface area contributed by atoms with Crippen LogP contribution in [0.25, 0.3) is 0 Å². The molecule has 5 nitrogen and oxygen atoms in total. The Morgan fingerprint density at radius 3 is 2.78 bits per heavy atom. The summed E-state index contributed by atoms with van der Waals surface area (Å²) in [5.74, 6) is 6.13. The lowest BCUT2D eigenvalue weighted by Crippen LogP contribution is -2.39. The van der Waals surface area contributed by atoms with E-state index in [0.717, 1.165) is 5.56 Å². The number of ether oxygens (including phenoxy) is 2. The molecule has 0 bridgehead atoms. The highest BCUT2D eigenvalue weighted by Crippen LogP contribution is 2.23. The standard InChI is InChI=1S/C18H21N3O2/c1-14-5-4-6-15(9-14)7-8-16-10-21(20-19-16)11-17-22-12-18(2,3)13-23-17/h4-6,9-10,17H,11-13H2,1-3H3. The SMILES string of the molecule is Cc1cccc(C#Cc2cn(CC3OCC(C)(C)CO3)nn2)c1. The second kappa shape index (κ2) is 6.53. The minimum atomic E-state index is -0.276. The Bertz CT molecular complexity index is 730. The molecule has 0 spiro atoms. The molecule has 120 valence electrons. The van der Waals surface area contributed by atoms with Crippen molar-refractivity contribution in [2.75, 3.05) is 13.2 Å². The summed E-state index contributed by atoms with van der Waals surface area (Å²) < 4.78 is 13.1. The lowest BCUT2D eigenvalue weighted by Gasteiger charge is -2.34. The predicted octanol–water partition coefficient (Wildman–Crippen LogP) is 2.39. The molecule has 0 N–H and O–H groups in total. The number of aromatic nitrogens is 3. The first-order valence-corrected chi connectivity index (χ1v) is 7.72. The molecule has 3 rings (SSSR count). The minimum Gasteiger partial charge on any atom is -0.350 e. The normalized spacial score (nSPS) is 17.5. The number of hydrogen-bond acceptors (Lipinski definition) is 4. The first kappa shape index (κ1) is 15.7. The molecular formula is C18H21N3O2. The van der Waals surface area contributed by atoms with Gasteiger partial charge in [0.05, 0.1) is 26.0 Å². The van der Waals surface area contributed by atoms with Crippen LogP contribution in [-0.4, -0.2) is 34.5 Å². The summed E-state index contributed by atoms with van der Waals surface area (Å²) in [5.41, 5.74) is 2.88. The van der Waals surface area contributed by atoms with Crippen molar-refractivity contribution < 1.29 is 9.47 Å². The van der Waals surface area contributed by atoms with Crippen LogP contribution in [0.4, 0.5) is 0 Å². The molecule has 0 unspecified atom stereocenters. The average molecular weight is 311 g/mol. The Morgan fingerprint density at radius 2 is 2.04 bits per heavy atom. The molecule has 5 heteroatoms. The van der Waals surface area contributed by atoms with Crippen molar-refractivity contribution in [2.45, 2.75) is 33.6 Å². The van der Waals surface area contributed by atoms with Crippen LogP contribution >= 0.6 is 0 Å². The first-order chi connectivity index (χ1) is 11.0. The van der Waals surface area contributed by atoms with Gasteiger partial charge in [0.15, 0.2) is 12.0 Å². The fraction of sp³-hybridized carbons (Fsp3) is 0.444. The lowest BCUT2D eigenvalue weighted by molar-refractivity contribution is -0.227. The Kier molecular flexibility index (Phi) is 4.46. The number of hydrogen-bond donors (Lipinski definition) is 0. The van der Waals surface area contributed by atoms with Crippen LogP contribution in [0.15, 0.2) is 30.5 Å². The van der Waals surface area contributed by atoms with Crippen LogP contribution in [0.2, 0.25) is 0 Å². The van der Waals surface area contributed by atoms with E-state index in [9.17, 15) is 0 Å². The van der Waals surface area contributed by atoms with Gasteiger partial charge in [-0.25, -0.2) is 4.68 Å². The van der Waals surface area contributed by atoms with E-state index in [4.69, 9.17) is 9.47 Å². The molecular weight excluding hydrogens is 290 g/mol. The third kappa shape index (κ3) is 4.41. The van der Waals surface area contributed by atoms with Crippen molar-refractivity contribution in [3.05, 3.63) is 47.3 Å². The van der Waals surface area contributed by atoms with E-state index in [1.165, 1.54) is 5.56 Å². The molecule has 1 aromatic carbocycles. The Labute approximate surface area is 136 Å². The molecule has 23 heavy (non-hydrogen) atoms. The summed E-state index contributed by atoms with van der Waals surface area (Å²) in [5, 5.41) is 8.16. The Morgan fingerprint density at radius 1 is 1.26 bits per heavy atom. The average Bonchev–Trinajstić information content (AvgIpc) is 2.95. The van der Waals surface area contributed by atoms with Crippen LogP contribution in [0.5, 0.6) is 0 Å². The van der Waals surface area contributed by atoms with E-state index in [-0.39, 0.29) is 11.7 Å². The summed E-state index contributed by atoms with van der Waals surface area (Å²) in [7, 11) is 0. The van der Waals surface area contributed by atoms with Gasteiger partial charge < -0.3 is 9.47 Å². The topological polar surface area (TPSA) is 49.2 Å². The predicted molar refractivity (Wildman–Crippen MR) is 86.7 cm³/mol. The van der Waals surface area contributed by atoms with Crippen molar-refractivity contribution in [1.29, 1.82) is 0 Å². The van der Waals surface area contributed by atoms with Gasteiger partial charge in [-0.1, -0.05) is 37.1 Å². The molecule has 1 aromatic heterocycles. The van der Waals surface area contributed by atoms with E-state index < -0.39 is 0 Å². The summed E-state index contributed by atoms with van der Waals surface area (Å²) in [4.78, 5) is 0. The molecule has 0 aliphatic carbocycles. The van der Waals surface area contributed by atoms with Crippen molar-refractivity contribution >= 4 is 0 Å². The molecule has 1 aliphatic rings. The summed E-state index contributed by atoms with van der Waals surface area (Å²) in [6.07, 6.45) is 1.54. The summed E-state index contributed by atoms with van der Waals surface area (Å²) in [6, 6.07) is 8.07. The summed E-state index contributed by atoms with van der Waals surface area (Å²) >= 11 is 0. The molecule has 1 saturated heterocycles. The van der Waals surface area contributed by atoms with Crippen molar-refractivity contribution in [1.82, 2.24) is 15.0 Å². The molecule has 0 radical (unpaired) electrons. The smallest absolute Gasteiger partial charge is 0.177 e. The van der Waals surface area contributed by atoms with E-state index in [0.29, 0.717) is 25.5 Å². The second-order valence-corrected chi connectivity index (χ2v) is 6.66. The highest BCUT2D eigenvalue weighted by atomic mass is 16.7. The number of aryl methyl sites for hydroxylation is 1. The maximum atomic E-state index is 5.70. The third-order valence-corrected chi connectivity index (χ3v) is 3.55. The zero-order chi connectivity index (χ0) is 16.3. The molecule has 0 atom stereocenters. The number of benzene rings is 1. The minimum absolute atomic E-state index is 0.0727. The molecule has 1 fully saturated rings. The van der Waals surface area contributed by atoms with Gasteiger partial charge >= 0.3 is 0 Å². The highest BCUT2D eigenvalue weighted by molar-refractivity contribution is 5.40. The molecule has 2 heterocycles. The molecule has 0 saturated carbocycles. The van der Waals surface area contributed by atoms with E-state index >= 15 is 0 Å². The fourth-order valence-corrected chi connectivity index (χ4v) is 2.29. The zero-order valence-electron chi connectivity index (χ0n) is 13.7.